The van der Waals surface area contributed by atoms with E-state index in [0.717, 1.165) is 5.56 Å². The van der Waals surface area contributed by atoms with Gasteiger partial charge < -0.3 is 16.0 Å². The molecule has 9 heteroatoms. The first-order valence-corrected chi connectivity index (χ1v) is 8.07. The van der Waals surface area contributed by atoms with Gasteiger partial charge in [0.15, 0.2) is 11.4 Å². The van der Waals surface area contributed by atoms with Crippen LogP contribution in [0.25, 0.3) is 0 Å². The third-order valence-electron chi connectivity index (χ3n) is 3.36. The molecule has 136 valence electrons. The molecule has 0 saturated carbocycles. The van der Waals surface area contributed by atoms with Crippen molar-refractivity contribution >= 4 is 34.6 Å². The summed E-state index contributed by atoms with van der Waals surface area (Å²) in [6.07, 6.45) is -1.62. The number of amides is 1. The van der Waals surface area contributed by atoms with Gasteiger partial charge in [-0.1, -0.05) is 23.8 Å². The van der Waals surface area contributed by atoms with E-state index in [4.69, 9.17) is 12.2 Å². The van der Waals surface area contributed by atoms with Crippen molar-refractivity contribution in [2.24, 2.45) is 0 Å². The average molecular weight is 376 g/mol. The Bertz CT molecular complexity index is 814. The highest BCUT2D eigenvalue weighted by atomic mass is 32.1. The van der Waals surface area contributed by atoms with E-state index >= 15 is 0 Å². The number of carbonyl (C=O) groups is 1. The van der Waals surface area contributed by atoms with Crippen LogP contribution in [0.5, 0.6) is 0 Å². The molecule has 26 heavy (non-hydrogen) atoms. The first-order chi connectivity index (χ1) is 12.3. The van der Waals surface area contributed by atoms with E-state index < -0.39 is 17.1 Å². The molecule has 0 fully saturated rings. The van der Waals surface area contributed by atoms with E-state index in [1.165, 1.54) is 18.2 Å². The molecule has 2 rings (SSSR count). The predicted molar refractivity (Wildman–Crippen MR) is 101 cm³/mol. The second-order valence-corrected chi connectivity index (χ2v) is 5.86. The monoisotopic (exact) mass is 376 g/mol. The summed E-state index contributed by atoms with van der Waals surface area (Å²) in [5.41, 5.74) is 1.69. The lowest BCUT2D eigenvalue weighted by Crippen LogP contribution is -2.42. The lowest BCUT2D eigenvalue weighted by Gasteiger charge is -2.15. The Morgan fingerprint density at radius 1 is 1.27 bits per heavy atom. The maximum Gasteiger partial charge on any atom is 0.271 e. The van der Waals surface area contributed by atoms with Gasteiger partial charge in [-0.2, -0.15) is 0 Å². The molecule has 2 aromatic rings. The van der Waals surface area contributed by atoms with Crippen LogP contribution in [-0.4, -0.2) is 28.8 Å². The summed E-state index contributed by atoms with van der Waals surface area (Å²) in [5.74, 6) is -0.396. The summed E-state index contributed by atoms with van der Waals surface area (Å²) in [5, 5.41) is 18.2. The Morgan fingerprint density at radius 3 is 2.62 bits per heavy atom. The molecule has 0 aromatic heterocycles. The highest BCUT2D eigenvalue weighted by Crippen LogP contribution is 2.16. The summed E-state index contributed by atoms with van der Waals surface area (Å²) in [4.78, 5) is 22.1. The Kier molecular flexibility index (Phi) is 6.56. The molecule has 0 aliphatic heterocycles. The molecule has 0 aliphatic rings. The number of hydrogen-bond donors (Lipinski definition) is 3. The number of hydrogen-bond acceptors (Lipinski definition) is 4. The van der Waals surface area contributed by atoms with E-state index in [2.05, 4.69) is 16.0 Å². The first-order valence-electron chi connectivity index (χ1n) is 7.66. The number of thiocarbonyl (C=S) groups is 1. The number of nitrogens with zero attached hydrogens (tertiary/aromatic N) is 1. The number of halogens is 1. The molecular formula is C17H17FN4O3S. The highest BCUT2D eigenvalue weighted by molar-refractivity contribution is 7.80. The van der Waals surface area contributed by atoms with Gasteiger partial charge in [-0.15, -0.1) is 0 Å². The highest BCUT2D eigenvalue weighted by Gasteiger charge is 2.12. The maximum absolute atomic E-state index is 13.9. The molecule has 0 radical (unpaired) electrons. The van der Waals surface area contributed by atoms with Gasteiger partial charge in [0.2, 0.25) is 0 Å². The Hall–Kier alpha value is -3.07. The number of nitro benzene ring substituents is 1. The zero-order valence-corrected chi connectivity index (χ0v) is 14.7. The zero-order chi connectivity index (χ0) is 19.1. The van der Waals surface area contributed by atoms with Crippen molar-refractivity contribution in [3.8, 4) is 0 Å². The van der Waals surface area contributed by atoms with E-state index in [1.807, 2.05) is 6.92 Å². The van der Waals surface area contributed by atoms with Gasteiger partial charge in [0, 0.05) is 23.4 Å². The standard InChI is InChI=1S/C17H17FN4O3S/c1-11-5-7-12(8-6-11)16(23)19-10-15(18)21-17(26)20-13-3-2-4-14(9-13)22(24)25/h2-9,15H,10H2,1H3,(H,19,23)(H2,20,21,26). The van der Waals surface area contributed by atoms with Crippen molar-refractivity contribution in [2.45, 2.75) is 13.2 Å². The smallest absolute Gasteiger partial charge is 0.271 e. The van der Waals surface area contributed by atoms with Gasteiger partial charge in [-0.25, -0.2) is 4.39 Å². The Labute approximate surface area is 154 Å². The molecule has 0 heterocycles. The van der Waals surface area contributed by atoms with Crippen LogP contribution in [0.4, 0.5) is 15.8 Å². The van der Waals surface area contributed by atoms with Crippen LogP contribution >= 0.6 is 12.2 Å². The number of alkyl halides is 1. The van der Waals surface area contributed by atoms with Crippen molar-refractivity contribution in [3.63, 3.8) is 0 Å². The number of nitro groups is 1. The van der Waals surface area contributed by atoms with Crippen molar-refractivity contribution in [3.05, 3.63) is 69.8 Å². The topological polar surface area (TPSA) is 96.3 Å². The summed E-state index contributed by atoms with van der Waals surface area (Å²) >= 11 is 4.96. The van der Waals surface area contributed by atoms with E-state index in [0.29, 0.717) is 11.3 Å². The van der Waals surface area contributed by atoms with Crippen LogP contribution < -0.4 is 16.0 Å². The summed E-state index contributed by atoms with van der Waals surface area (Å²) < 4.78 is 13.9. The quantitative estimate of drug-likeness (QED) is 0.310. The molecule has 0 saturated heterocycles. The molecule has 2 aromatic carbocycles. The van der Waals surface area contributed by atoms with E-state index in [1.54, 1.807) is 30.3 Å². The molecule has 0 spiro atoms. The molecule has 0 aliphatic carbocycles. The van der Waals surface area contributed by atoms with Crippen LogP contribution in [0.2, 0.25) is 0 Å². The number of rotatable bonds is 6. The fraction of sp³-hybridized carbons (Fsp3) is 0.176. The van der Waals surface area contributed by atoms with Crippen LogP contribution in [0, 0.1) is 17.0 Å². The largest absolute Gasteiger partial charge is 0.347 e. The second-order valence-electron chi connectivity index (χ2n) is 5.45. The van der Waals surface area contributed by atoms with Crippen molar-refractivity contribution < 1.29 is 14.1 Å². The minimum absolute atomic E-state index is 0.0532. The van der Waals surface area contributed by atoms with Crippen molar-refractivity contribution in [2.75, 3.05) is 11.9 Å². The summed E-state index contributed by atoms with van der Waals surface area (Å²) in [6, 6.07) is 12.5. The number of benzene rings is 2. The van der Waals surface area contributed by atoms with E-state index in [9.17, 15) is 19.3 Å². The van der Waals surface area contributed by atoms with Gasteiger partial charge in [-0.05, 0) is 37.3 Å². The predicted octanol–water partition coefficient (Wildman–Crippen LogP) is 2.92. The molecule has 1 atom stereocenters. The first kappa shape index (κ1) is 19.3. The fourth-order valence-corrected chi connectivity index (χ4v) is 2.29. The van der Waals surface area contributed by atoms with Crippen molar-refractivity contribution in [1.82, 2.24) is 10.6 Å². The van der Waals surface area contributed by atoms with Gasteiger partial charge in [0.05, 0.1) is 11.5 Å². The van der Waals surface area contributed by atoms with Gasteiger partial charge >= 0.3 is 0 Å². The van der Waals surface area contributed by atoms with Gasteiger partial charge in [0.25, 0.3) is 11.6 Å². The normalized spacial score (nSPS) is 11.3. The molecular weight excluding hydrogens is 359 g/mol. The Morgan fingerprint density at radius 2 is 1.96 bits per heavy atom. The third kappa shape index (κ3) is 5.78. The van der Waals surface area contributed by atoms with Gasteiger partial charge in [0.1, 0.15) is 0 Å². The fourth-order valence-electron chi connectivity index (χ4n) is 2.05. The van der Waals surface area contributed by atoms with Crippen LogP contribution in [-0.2, 0) is 0 Å². The molecule has 0 bridgehead atoms. The number of carbonyl (C=O) groups excluding carboxylic acids is 1. The van der Waals surface area contributed by atoms with Gasteiger partial charge in [-0.3, -0.25) is 14.9 Å². The lowest BCUT2D eigenvalue weighted by atomic mass is 10.1. The van der Waals surface area contributed by atoms with Crippen LogP contribution in [0.15, 0.2) is 48.5 Å². The Balaban J connectivity index is 1.81. The van der Waals surface area contributed by atoms with Crippen LogP contribution in [0.3, 0.4) is 0 Å². The number of nitrogens with one attached hydrogen (secondary N) is 3. The molecule has 3 N–H and O–H groups in total. The minimum Gasteiger partial charge on any atom is -0.347 e. The molecule has 1 amide bonds. The second kappa shape index (κ2) is 8.86. The number of aryl methyl sites for hydroxylation is 1. The molecule has 1 unspecified atom stereocenters. The third-order valence-corrected chi connectivity index (χ3v) is 3.58. The van der Waals surface area contributed by atoms with Crippen LogP contribution in [0.1, 0.15) is 15.9 Å². The number of anilines is 1. The number of non-ortho nitro benzene ring substituents is 1. The summed E-state index contributed by atoms with van der Waals surface area (Å²) in [6.45, 7) is 1.61. The average Bonchev–Trinajstić information content (AvgIpc) is 2.60. The zero-order valence-electron chi connectivity index (χ0n) is 13.9. The summed E-state index contributed by atoms with van der Waals surface area (Å²) in [7, 11) is 0. The van der Waals surface area contributed by atoms with E-state index in [-0.39, 0.29) is 17.3 Å². The molecule has 7 nitrogen and oxygen atoms in total. The SMILES string of the molecule is Cc1ccc(C(=O)NCC(F)NC(=S)Nc2cccc([N+](=O)[O-])c2)cc1. The minimum atomic E-state index is -1.62. The lowest BCUT2D eigenvalue weighted by molar-refractivity contribution is -0.384. The maximum atomic E-state index is 13.9. The van der Waals surface area contributed by atoms with Crippen molar-refractivity contribution in [1.29, 1.82) is 0 Å².